The molecular formula is C13H16N2O2. The van der Waals surface area contributed by atoms with Crippen molar-refractivity contribution >= 4 is 17.7 Å². The van der Waals surface area contributed by atoms with Gasteiger partial charge < -0.3 is 5.32 Å². The lowest BCUT2D eigenvalue weighted by atomic mass is 10.1. The molecule has 1 aromatic rings. The van der Waals surface area contributed by atoms with E-state index in [9.17, 15) is 9.59 Å². The minimum absolute atomic E-state index is 0.108. The van der Waals surface area contributed by atoms with Crippen LogP contribution in [0.3, 0.4) is 0 Å². The molecule has 1 N–H and O–H groups in total. The number of carbonyl (C=O) groups is 1. The highest BCUT2D eigenvalue weighted by Gasteiger charge is 2.07. The van der Waals surface area contributed by atoms with Crippen LogP contribution in [0, 0.1) is 12.8 Å². The predicted octanol–water partition coefficient (Wildman–Crippen LogP) is 2.35. The van der Waals surface area contributed by atoms with E-state index in [0.29, 0.717) is 23.7 Å². The molecule has 1 amide bonds. The summed E-state index contributed by atoms with van der Waals surface area (Å²) in [7, 11) is 0. The Kier molecular flexibility index (Phi) is 4.61. The fraction of sp³-hybridized carbons (Fsp3) is 0.385. The number of aliphatic imine (C=N–C) groups is 1. The van der Waals surface area contributed by atoms with Gasteiger partial charge in [-0.25, -0.2) is 4.79 Å². The first-order valence-electron chi connectivity index (χ1n) is 5.51. The largest absolute Gasteiger partial charge is 0.352 e. The molecule has 0 saturated carbocycles. The average molecular weight is 232 g/mol. The lowest BCUT2D eigenvalue weighted by Gasteiger charge is -2.08. The van der Waals surface area contributed by atoms with Gasteiger partial charge in [-0.3, -0.25) is 4.79 Å². The van der Waals surface area contributed by atoms with Crippen LogP contribution in [0.15, 0.2) is 23.2 Å². The summed E-state index contributed by atoms with van der Waals surface area (Å²) >= 11 is 0. The van der Waals surface area contributed by atoms with E-state index >= 15 is 0 Å². The molecule has 1 rings (SSSR count). The summed E-state index contributed by atoms with van der Waals surface area (Å²) in [6.45, 7) is 6.52. The number of rotatable bonds is 4. The molecule has 0 aliphatic rings. The van der Waals surface area contributed by atoms with Crippen molar-refractivity contribution in [1.29, 1.82) is 0 Å². The monoisotopic (exact) mass is 232 g/mol. The summed E-state index contributed by atoms with van der Waals surface area (Å²) < 4.78 is 0. The van der Waals surface area contributed by atoms with Gasteiger partial charge in [0.1, 0.15) is 0 Å². The number of isocyanates is 1. The highest BCUT2D eigenvalue weighted by molar-refractivity contribution is 5.94. The second-order valence-electron chi connectivity index (χ2n) is 4.31. The van der Waals surface area contributed by atoms with Crippen molar-refractivity contribution in [1.82, 2.24) is 5.32 Å². The molecule has 17 heavy (non-hydrogen) atoms. The maximum atomic E-state index is 11.8. The molecule has 4 heteroatoms. The van der Waals surface area contributed by atoms with Crippen LogP contribution in [0.2, 0.25) is 0 Å². The Bertz CT molecular complexity index is 460. The van der Waals surface area contributed by atoms with Gasteiger partial charge in [0, 0.05) is 12.1 Å². The van der Waals surface area contributed by atoms with Crippen molar-refractivity contribution < 1.29 is 9.59 Å². The van der Waals surface area contributed by atoms with E-state index in [1.807, 2.05) is 13.8 Å². The highest BCUT2D eigenvalue weighted by atomic mass is 16.1. The average Bonchev–Trinajstić information content (AvgIpc) is 2.28. The van der Waals surface area contributed by atoms with E-state index in [4.69, 9.17) is 0 Å². The fourth-order valence-corrected chi connectivity index (χ4v) is 1.37. The van der Waals surface area contributed by atoms with Gasteiger partial charge in [-0.05, 0) is 36.6 Å². The van der Waals surface area contributed by atoms with Crippen LogP contribution >= 0.6 is 0 Å². The third-order valence-electron chi connectivity index (χ3n) is 2.30. The standard InChI is InChI=1S/C13H16N2O2/c1-9(2)7-14-13(17)11-4-5-12(15-8-16)10(3)6-11/h4-6,9H,7H2,1-3H3,(H,14,17). The van der Waals surface area contributed by atoms with Gasteiger partial charge in [-0.2, -0.15) is 4.99 Å². The maximum absolute atomic E-state index is 11.8. The molecule has 0 bridgehead atoms. The van der Waals surface area contributed by atoms with Crippen LogP contribution in [0.4, 0.5) is 5.69 Å². The molecular weight excluding hydrogens is 216 g/mol. The molecule has 0 spiro atoms. The van der Waals surface area contributed by atoms with Crippen molar-refractivity contribution in [2.45, 2.75) is 20.8 Å². The van der Waals surface area contributed by atoms with Gasteiger partial charge in [0.05, 0.1) is 5.69 Å². The third-order valence-corrected chi connectivity index (χ3v) is 2.30. The number of nitrogens with zero attached hydrogens (tertiary/aromatic N) is 1. The van der Waals surface area contributed by atoms with Crippen LogP contribution in [0.1, 0.15) is 29.8 Å². The summed E-state index contributed by atoms with van der Waals surface area (Å²) in [6, 6.07) is 5.01. The number of benzene rings is 1. The lowest BCUT2D eigenvalue weighted by Crippen LogP contribution is -2.27. The van der Waals surface area contributed by atoms with E-state index in [0.717, 1.165) is 5.56 Å². The van der Waals surface area contributed by atoms with Gasteiger partial charge >= 0.3 is 0 Å². The molecule has 0 unspecified atom stereocenters. The van der Waals surface area contributed by atoms with E-state index in [2.05, 4.69) is 10.3 Å². The zero-order chi connectivity index (χ0) is 12.8. The van der Waals surface area contributed by atoms with Gasteiger partial charge in [-0.1, -0.05) is 13.8 Å². The van der Waals surface area contributed by atoms with E-state index in [-0.39, 0.29) is 5.91 Å². The lowest BCUT2D eigenvalue weighted by molar-refractivity contribution is 0.0949. The van der Waals surface area contributed by atoms with E-state index < -0.39 is 0 Å². The van der Waals surface area contributed by atoms with E-state index in [1.165, 1.54) is 6.08 Å². The Morgan fingerprint density at radius 2 is 2.18 bits per heavy atom. The number of aryl methyl sites for hydroxylation is 1. The molecule has 0 aliphatic carbocycles. The van der Waals surface area contributed by atoms with Crippen molar-refractivity contribution in [2.75, 3.05) is 6.54 Å². The second kappa shape index (κ2) is 5.97. The second-order valence-corrected chi connectivity index (χ2v) is 4.31. The fourth-order valence-electron chi connectivity index (χ4n) is 1.37. The molecule has 0 aromatic heterocycles. The van der Waals surface area contributed by atoms with Gasteiger partial charge in [0.15, 0.2) is 0 Å². The quantitative estimate of drug-likeness (QED) is 0.640. The summed E-state index contributed by atoms with van der Waals surface area (Å²) in [5, 5.41) is 2.83. The Labute approximate surface area is 101 Å². The summed E-state index contributed by atoms with van der Waals surface area (Å²) in [4.78, 5) is 25.4. The van der Waals surface area contributed by atoms with Crippen LogP contribution < -0.4 is 5.32 Å². The van der Waals surface area contributed by atoms with E-state index in [1.54, 1.807) is 25.1 Å². The smallest absolute Gasteiger partial charge is 0.251 e. The van der Waals surface area contributed by atoms with Crippen LogP contribution in [-0.4, -0.2) is 18.5 Å². The van der Waals surface area contributed by atoms with Crippen molar-refractivity contribution in [3.8, 4) is 0 Å². The molecule has 0 radical (unpaired) electrons. The Hall–Kier alpha value is -1.93. The molecule has 0 fully saturated rings. The van der Waals surface area contributed by atoms with Crippen LogP contribution in [0.5, 0.6) is 0 Å². The first-order chi connectivity index (χ1) is 8.04. The highest BCUT2D eigenvalue weighted by Crippen LogP contribution is 2.18. The van der Waals surface area contributed by atoms with Crippen LogP contribution in [-0.2, 0) is 4.79 Å². The van der Waals surface area contributed by atoms with Crippen molar-refractivity contribution in [2.24, 2.45) is 10.9 Å². The van der Waals surface area contributed by atoms with Crippen LogP contribution in [0.25, 0.3) is 0 Å². The molecule has 0 aliphatic heterocycles. The Balaban J connectivity index is 2.82. The molecule has 0 heterocycles. The zero-order valence-electron chi connectivity index (χ0n) is 10.3. The Morgan fingerprint density at radius 1 is 1.47 bits per heavy atom. The molecule has 90 valence electrons. The molecule has 0 saturated heterocycles. The number of hydrogen-bond acceptors (Lipinski definition) is 3. The first kappa shape index (κ1) is 13.1. The minimum Gasteiger partial charge on any atom is -0.352 e. The zero-order valence-corrected chi connectivity index (χ0v) is 10.3. The van der Waals surface area contributed by atoms with Gasteiger partial charge in [-0.15, -0.1) is 0 Å². The van der Waals surface area contributed by atoms with Crippen molar-refractivity contribution in [3.63, 3.8) is 0 Å². The minimum atomic E-state index is -0.108. The summed E-state index contributed by atoms with van der Waals surface area (Å²) in [5.74, 6) is 0.308. The summed E-state index contributed by atoms with van der Waals surface area (Å²) in [6.07, 6.45) is 1.49. The van der Waals surface area contributed by atoms with Gasteiger partial charge in [0.25, 0.3) is 5.91 Å². The number of nitrogens with one attached hydrogen (secondary N) is 1. The maximum Gasteiger partial charge on any atom is 0.251 e. The number of carbonyl (C=O) groups excluding carboxylic acids is 2. The van der Waals surface area contributed by atoms with Crippen molar-refractivity contribution in [3.05, 3.63) is 29.3 Å². The number of amides is 1. The molecule has 4 nitrogen and oxygen atoms in total. The molecule has 0 atom stereocenters. The Morgan fingerprint density at radius 3 is 2.71 bits per heavy atom. The number of hydrogen-bond donors (Lipinski definition) is 1. The summed E-state index contributed by atoms with van der Waals surface area (Å²) in [5.41, 5.74) is 1.90. The normalized spacial score (nSPS) is 9.88. The SMILES string of the molecule is Cc1cc(C(=O)NCC(C)C)ccc1N=C=O. The molecule has 1 aromatic carbocycles. The topological polar surface area (TPSA) is 58.5 Å². The predicted molar refractivity (Wildman–Crippen MR) is 66.1 cm³/mol. The third kappa shape index (κ3) is 3.85. The first-order valence-corrected chi connectivity index (χ1v) is 5.51. The van der Waals surface area contributed by atoms with Gasteiger partial charge in [0.2, 0.25) is 6.08 Å².